The van der Waals surface area contributed by atoms with Crippen molar-refractivity contribution in [3.8, 4) is 11.3 Å². The summed E-state index contributed by atoms with van der Waals surface area (Å²) in [6.45, 7) is 7.08. The quantitative estimate of drug-likeness (QED) is 0.782. The van der Waals surface area contributed by atoms with Crippen molar-refractivity contribution in [2.75, 3.05) is 0 Å². The second-order valence-electron chi connectivity index (χ2n) is 6.15. The van der Waals surface area contributed by atoms with Gasteiger partial charge in [-0.2, -0.15) is 0 Å². The molecule has 0 saturated carbocycles. The van der Waals surface area contributed by atoms with Gasteiger partial charge in [-0.25, -0.2) is 4.79 Å². The van der Waals surface area contributed by atoms with Gasteiger partial charge in [0.1, 0.15) is 5.52 Å². The molecule has 0 amide bonds. The lowest BCUT2D eigenvalue weighted by Gasteiger charge is -2.10. The largest absolute Gasteiger partial charge is 0.349 e. The highest BCUT2D eigenvalue weighted by molar-refractivity contribution is 5.83. The molecule has 0 spiro atoms. The topological polar surface area (TPSA) is 59.8 Å². The Kier molecular flexibility index (Phi) is 4.42. The Bertz CT molecular complexity index is 992. The smallest absolute Gasteiger partial charge is 0.331 e. The molecule has 5 nitrogen and oxygen atoms in total. The van der Waals surface area contributed by atoms with Crippen LogP contribution < -0.4 is 11.2 Å². The maximum absolute atomic E-state index is 12.7. The Hall–Kier alpha value is -2.56. The van der Waals surface area contributed by atoms with E-state index in [-0.39, 0.29) is 11.2 Å². The Labute approximate surface area is 140 Å². The number of aromatic amines is 1. The molecule has 0 bridgehead atoms. The van der Waals surface area contributed by atoms with E-state index in [0.717, 1.165) is 29.7 Å². The first-order valence-corrected chi connectivity index (χ1v) is 8.50. The number of nitrogens with one attached hydrogen (secondary N) is 1. The van der Waals surface area contributed by atoms with E-state index in [9.17, 15) is 9.59 Å². The highest BCUT2D eigenvalue weighted by atomic mass is 16.2. The van der Waals surface area contributed by atoms with Gasteiger partial charge in [0, 0.05) is 24.3 Å². The molecule has 0 aliphatic heterocycles. The molecule has 3 rings (SSSR count). The van der Waals surface area contributed by atoms with Crippen LogP contribution in [0.1, 0.15) is 32.3 Å². The predicted octanol–water partition coefficient (Wildman–Crippen LogP) is 3.29. The summed E-state index contributed by atoms with van der Waals surface area (Å²) in [7, 11) is 0. The number of H-pyrrole nitrogens is 1. The van der Waals surface area contributed by atoms with Crippen LogP contribution in [-0.4, -0.2) is 14.1 Å². The molecule has 5 heteroatoms. The van der Waals surface area contributed by atoms with Crippen molar-refractivity contribution in [3.63, 3.8) is 0 Å². The number of rotatable bonds is 5. The minimum Gasteiger partial charge on any atom is -0.349 e. The van der Waals surface area contributed by atoms with Crippen LogP contribution in [0.3, 0.4) is 0 Å². The van der Waals surface area contributed by atoms with Gasteiger partial charge in [-0.3, -0.25) is 13.9 Å². The molecule has 2 aromatic heterocycles. The Morgan fingerprint density at radius 2 is 1.67 bits per heavy atom. The summed E-state index contributed by atoms with van der Waals surface area (Å²) < 4.78 is 3.06. The van der Waals surface area contributed by atoms with Gasteiger partial charge in [-0.15, -0.1) is 0 Å². The third-order valence-corrected chi connectivity index (χ3v) is 4.34. The second kappa shape index (κ2) is 6.51. The molecule has 0 aliphatic rings. The SMILES string of the molecule is CCCn1c(=O)c2[nH]c(-c3ccccc3C)cc2n(CCC)c1=O. The van der Waals surface area contributed by atoms with Crippen molar-refractivity contribution in [3.05, 3.63) is 56.7 Å². The molecule has 1 aromatic carbocycles. The molecule has 0 saturated heterocycles. The molecule has 0 aliphatic carbocycles. The average Bonchev–Trinajstić information content (AvgIpc) is 3.01. The molecule has 126 valence electrons. The Morgan fingerprint density at radius 3 is 2.33 bits per heavy atom. The number of benzene rings is 1. The zero-order valence-electron chi connectivity index (χ0n) is 14.4. The van der Waals surface area contributed by atoms with Crippen LogP contribution in [0.4, 0.5) is 0 Å². The zero-order valence-corrected chi connectivity index (χ0v) is 14.4. The lowest BCUT2D eigenvalue weighted by Crippen LogP contribution is -2.39. The normalized spacial score (nSPS) is 11.3. The van der Waals surface area contributed by atoms with Crippen molar-refractivity contribution < 1.29 is 0 Å². The van der Waals surface area contributed by atoms with Gasteiger partial charge in [0.05, 0.1) is 5.52 Å². The highest BCUT2D eigenvalue weighted by Gasteiger charge is 2.16. The first-order valence-electron chi connectivity index (χ1n) is 8.50. The van der Waals surface area contributed by atoms with E-state index in [1.807, 2.05) is 51.1 Å². The third-order valence-electron chi connectivity index (χ3n) is 4.34. The molecular weight excluding hydrogens is 302 g/mol. The molecule has 0 radical (unpaired) electrons. The zero-order chi connectivity index (χ0) is 17.3. The van der Waals surface area contributed by atoms with Crippen molar-refractivity contribution in [1.29, 1.82) is 0 Å². The molecule has 2 heterocycles. The lowest BCUT2D eigenvalue weighted by atomic mass is 10.1. The second-order valence-corrected chi connectivity index (χ2v) is 6.15. The Balaban J connectivity index is 2.34. The van der Waals surface area contributed by atoms with Gasteiger partial charge in [0.15, 0.2) is 0 Å². The molecular formula is C19H23N3O2. The maximum atomic E-state index is 12.7. The number of aryl methyl sites for hydroxylation is 2. The number of aromatic nitrogens is 3. The van der Waals surface area contributed by atoms with Gasteiger partial charge in [0.25, 0.3) is 5.56 Å². The fraction of sp³-hybridized carbons (Fsp3) is 0.368. The van der Waals surface area contributed by atoms with Crippen LogP contribution in [0.2, 0.25) is 0 Å². The minimum absolute atomic E-state index is 0.216. The molecule has 3 aromatic rings. The van der Waals surface area contributed by atoms with Crippen LogP contribution in [0, 0.1) is 6.92 Å². The van der Waals surface area contributed by atoms with Crippen LogP contribution in [0.5, 0.6) is 0 Å². The van der Waals surface area contributed by atoms with Gasteiger partial charge in [-0.05, 0) is 31.4 Å². The summed E-state index contributed by atoms with van der Waals surface area (Å²) in [5.41, 5.74) is 3.80. The van der Waals surface area contributed by atoms with Gasteiger partial charge in [0.2, 0.25) is 0 Å². The maximum Gasteiger partial charge on any atom is 0.331 e. The summed E-state index contributed by atoms with van der Waals surface area (Å²) in [6.07, 6.45) is 1.59. The van der Waals surface area contributed by atoms with E-state index in [1.54, 1.807) is 4.57 Å². The number of hydrogen-bond acceptors (Lipinski definition) is 2. The minimum atomic E-state index is -0.232. The van der Waals surface area contributed by atoms with Crippen LogP contribution in [-0.2, 0) is 13.1 Å². The standard InChI is InChI=1S/C19H23N3O2/c1-4-10-21-16-12-15(14-9-7-6-8-13(14)3)20-17(16)18(23)22(11-5-2)19(21)24/h6-9,12,20H,4-5,10-11H2,1-3H3. The summed E-state index contributed by atoms with van der Waals surface area (Å²) in [6, 6.07) is 9.94. The highest BCUT2D eigenvalue weighted by Crippen LogP contribution is 2.25. The van der Waals surface area contributed by atoms with E-state index < -0.39 is 0 Å². The molecule has 24 heavy (non-hydrogen) atoms. The Morgan fingerprint density at radius 1 is 1.00 bits per heavy atom. The van der Waals surface area contributed by atoms with Crippen LogP contribution >= 0.6 is 0 Å². The van der Waals surface area contributed by atoms with E-state index in [4.69, 9.17) is 0 Å². The van der Waals surface area contributed by atoms with Crippen LogP contribution in [0.15, 0.2) is 39.9 Å². The van der Waals surface area contributed by atoms with Crippen molar-refractivity contribution in [1.82, 2.24) is 14.1 Å². The summed E-state index contributed by atoms with van der Waals surface area (Å²) in [5, 5.41) is 0. The lowest BCUT2D eigenvalue weighted by molar-refractivity contribution is 0.558. The van der Waals surface area contributed by atoms with Crippen molar-refractivity contribution in [2.24, 2.45) is 0 Å². The van der Waals surface area contributed by atoms with E-state index >= 15 is 0 Å². The van der Waals surface area contributed by atoms with Gasteiger partial charge >= 0.3 is 5.69 Å². The summed E-state index contributed by atoms with van der Waals surface area (Å²) in [4.78, 5) is 28.7. The van der Waals surface area contributed by atoms with Crippen molar-refractivity contribution in [2.45, 2.75) is 46.7 Å². The first kappa shape index (κ1) is 16.3. The first-order chi connectivity index (χ1) is 11.6. The fourth-order valence-electron chi connectivity index (χ4n) is 3.17. The van der Waals surface area contributed by atoms with Crippen LogP contribution in [0.25, 0.3) is 22.3 Å². The fourth-order valence-corrected chi connectivity index (χ4v) is 3.17. The van der Waals surface area contributed by atoms with E-state index in [2.05, 4.69) is 4.98 Å². The average molecular weight is 325 g/mol. The number of nitrogens with zero attached hydrogens (tertiary/aromatic N) is 2. The summed E-state index contributed by atoms with van der Waals surface area (Å²) >= 11 is 0. The van der Waals surface area contributed by atoms with Crippen molar-refractivity contribution >= 4 is 11.0 Å². The van der Waals surface area contributed by atoms with E-state index in [1.165, 1.54) is 4.57 Å². The van der Waals surface area contributed by atoms with Gasteiger partial charge in [-0.1, -0.05) is 38.1 Å². The monoisotopic (exact) mass is 325 g/mol. The predicted molar refractivity (Wildman–Crippen MR) is 97.6 cm³/mol. The summed E-state index contributed by atoms with van der Waals surface area (Å²) in [5.74, 6) is 0. The molecule has 0 atom stereocenters. The van der Waals surface area contributed by atoms with Gasteiger partial charge < -0.3 is 4.98 Å². The molecule has 1 N–H and O–H groups in total. The third kappa shape index (κ3) is 2.60. The number of fused-ring (bicyclic) bond motifs is 1. The number of hydrogen-bond donors (Lipinski definition) is 1. The molecule has 0 unspecified atom stereocenters. The molecule has 0 fully saturated rings. The van der Waals surface area contributed by atoms with E-state index in [0.29, 0.717) is 24.1 Å².